The minimum Gasteiger partial charge on any atom is -0.481 e. The Morgan fingerprint density at radius 1 is 1.43 bits per heavy atom. The van der Waals surface area contributed by atoms with Gasteiger partial charge in [0.1, 0.15) is 5.60 Å². The molecule has 0 aromatic carbocycles. The summed E-state index contributed by atoms with van der Waals surface area (Å²) < 4.78 is 6.04. The van der Waals surface area contributed by atoms with Crippen molar-refractivity contribution >= 4 is 11.9 Å². The second kappa shape index (κ2) is 3.73. The maximum absolute atomic E-state index is 12.6. The number of fused-ring (bicyclic) bond motifs is 1. The third kappa shape index (κ3) is 1.25. The molecule has 4 fully saturated rings. The zero-order valence-electron chi connectivity index (χ0n) is 13.4. The van der Waals surface area contributed by atoms with Crippen LogP contribution in [-0.4, -0.2) is 22.6 Å². The molecular formula is C19H22O4. The van der Waals surface area contributed by atoms with Crippen LogP contribution in [-0.2, 0) is 14.3 Å². The topological polar surface area (TPSA) is 63.6 Å². The third-order valence-corrected chi connectivity index (χ3v) is 7.86. The van der Waals surface area contributed by atoms with Gasteiger partial charge in [-0.05, 0) is 43.9 Å². The van der Waals surface area contributed by atoms with E-state index in [1.165, 1.54) is 5.57 Å². The fourth-order valence-electron chi connectivity index (χ4n) is 7.24. The summed E-state index contributed by atoms with van der Waals surface area (Å²) in [5, 5.41) is 10.1. The van der Waals surface area contributed by atoms with Crippen LogP contribution in [0.5, 0.6) is 0 Å². The van der Waals surface area contributed by atoms with Gasteiger partial charge in [0.05, 0.1) is 11.3 Å². The molecule has 122 valence electrons. The highest BCUT2D eigenvalue weighted by Gasteiger charge is 2.80. The van der Waals surface area contributed by atoms with Crippen molar-refractivity contribution in [3.63, 3.8) is 0 Å². The Kier molecular flexibility index (Phi) is 2.24. The molecule has 1 spiro atoms. The quantitative estimate of drug-likeness (QED) is 0.597. The van der Waals surface area contributed by atoms with Gasteiger partial charge in [-0.15, -0.1) is 0 Å². The molecule has 23 heavy (non-hydrogen) atoms. The van der Waals surface area contributed by atoms with Gasteiger partial charge >= 0.3 is 11.9 Å². The number of ether oxygens (including phenoxy) is 1. The number of carbonyl (C=O) groups excluding carboxylic acids is 1. The van der Waals surface area contributed by atoms with E-state index in [0.717, 1.165) is 25.7 Å². The van der Waals surface area contributed by atoms with E-state index in [2.05, 4.69) is 12.7 Å². The molecule has 5 rings (SSSR count). The van der Waals surface area contributed by atoms with Gasteiger partial charge in [-0.1, -0.05) is 24.3 Å². The van der Waals surface area contributed by atoms with Gasteiger partial charge in [-0.3, -0.25) is 9.59 Å². The Morgan fingerprint density at radius 2 is 2.22 bits per heavy atom. The lowest BCUT2D eigenvalue weighted by Crippen LogP contribution is -2.45. The van der Waals surface area contributed by atoms with Crippen molar-refractivity contribution < 1.29 is 19.4 Å². The first-order valence-corrected chi connectivity index (χ1v) is 8.67. The standard InChI is InChI=1S/C19H22O4/c1-10-8-18-9-11(10)4-5-12(18)19-7-3-6-17(2,16(22)23-19)14(19)13(18)15(20)21/h3,6,11-14H,1,4-5,7-9H2,2H3,(H,20,21)/t11-,12-,13-,14?,17-,18+,19-/m1/s1. The molecule has 7 atom stereocenters. The Morgan fingerprint density at radius 3 is 2.96 bits per heavy atom. The average molecular weight is 314 g/mol. The number of allylic oxidation sites excluding steroid dienone is 1. The smallest absolute Gasteiger partial charge is 0.316 e. The van der Waals surface area contributed by atoms with Gasteiger partial charge in [0.2, 0.25) is 0 Å². The summed E-state index contributed by atoms with van der Waals surface area (Å²) in [4.78, 5) is 25.0. The lowest BCUT2D eigenvalue weighted by atomic mass is 9.62. The highest BCUT2D eigenvalue weighted by atomic mass is 16.6. The van der Waals surface area contributed by atoms with Crippen molar-refractivity contribution in [3.8, 4) is 0 Å². The first-order valence-electron chi connectivity index (χ1n) is 8.67. The van der Waals surface area contributed by atoms with Crippen LogP contribution >= 0.6 is 0 Å². The van der Waals surface area contributed by atoms with E-state index in [1.807, 2.05) is 13.0 Å². The lowest BCUT2D eigenvalue weighted by Gasteiger charge is -2.43. The summed E-state index contributed by atoms with van der Waals surface area (Å²) >= 11 is 0. The normalized spacial score (nSPS) is 55.5. The molecular weight excluding hydrogens is 292 g/mol. The minimum atomic E-state index is -0.785. The number of carboxylic acids is 1. The van der Waals surface area contributed by atoms with E-state index in [4.69, 9.17) is 4.74 Å². The van der Waals surface area contributed by atoms with E-state index in [0.29, 0.717) is 12.3 Å². The van der Waals surface area contributed by atoms with Crippen molar-refractivity contribution in [1.82, 2.24) is 0 Å². The van der Waals surface area contributed by atoms with Crippen molar-refractivity contribution in [2.24, 2.45) is 34.5 Å². The molecule has 1 N–H and O–H groups in total. The van der Waals surface area contributed by atoms with Crippen LogP contribution in [0.15, 0.2) is 24.3 Å². The molecule has 0 aromatic rings. The van der Waals surface area contributed by atoms with Gasteiger partial charge in [0.25, 0.3) is 0 Å². The fourth-order valence-corrected chi connectivity index (χ4v) is 7.24. The molecule has 4 aliphatic carbocycles. The van der Waals surface area contributed by atoms with Crippen LogP contribution < -0.4 is 0 Å². The van der Waals surface area contributed by atoms with E-state index < -0.39 is 22.9 Å². The van der Waals surface area contributed by atoms with Crippen molar-refractivity contribution in [3.05, 3.63) is 24.3 Å². The zero-order valence-corrected chi connectivity index (χ0v) is 13.4. The zero-order chi connectivity index (χ0) is 16.2. The van der Waals surface area contributed by atoms with Crippen molar-refractivity contribution in [2.45, 2.75) is 44.6 Å². The third-order valence-electron chi connectivity index (χ3n) is 7.86. The van der Waals surface area contributed by atoms with Crippen LogP contribution in [0.3, 0.4) is 0 Å². The molecule has 4 bridgehead atoms. The second-order valence-corrected chi connectivity index (χ2v) is 8.63. The largest absolute Gasteiger partial charge is 0.481 e. The molecule has 4 nitrogen and oxygen atoms in total. The number of esters is 1. The van der Waals surface area contributed by atoms with E-state index in [9.17, 15) is 14.7 Å². The van der Waals surface area contributed by atoms with Crippen LogP contribution in [0.2, 0.25) is 0 Å². The fraction of sp³-hybridized carbons (Fsp3) is 0.684. The van der Waals surface area contributed by atoms with Gasteiger partial charge in [-0.2, -0.15) is 0 Å². The van der Waals surface area contributed by atoms with E-state index in [1.54, 1.807) is 0 Å². The monoisotopic (exact) mass is 314 g/mol. The summed E-state index contributed by atoms with van der Waals surface area (Å²) in [6.45, 7) is 6.12. The highest BCUT2D eigenvalue weighted by Crippen LogP contribution is 2.76. The lowest BCUT2D eigenvalue weighted by molar-refractivity contribution is -0.159. The summed E-state index contributed by atoms with van der Waals surface area (Å²) in [5.74, 6) is -1.10. The number of carbonyl (C=O) groups is 2. The molecule has 1 saturated heterocycles. The molecule has 1 unspecified atom stereocenters. The Hall–Kier alpha value is -1.58. The van der Waals surface area contributed by atoms with E-state index in [-0.39, 0.29) is 23.2 Å². The summed E-state index contributed by atoms with van der Waals surface area (Å²) in [6.07, 6.45) is 8.37. The molecule has 0 radical (unpaired) electrons. The van der Waals surface area contributed by atoms with Crippen LogP contribution in [0.1, 0.15) is 39.0 Å². The molecule has 1 aliphatic heterocycles. The number of hydrogen-bond donors (Lipinski definition) is 1. The number of hydrogen-bond acceptors (Lipinski definition) is 3. The molecule has 0 aromatic heterocycles. The molecule has 3 saturated carbocycles. The first kappa shape index (κ1) is 13.8. The van der Waals surface area contributed by atoms with Gasteiger partial charge in [-0.25, -0.2) is 0 Å². The predicted molar refractivity (Wildman–Crippen MR) is 82.3 cm³/mol. The SMILES string of the molecule is C=C1C[C@]23C[C@H]1CC[C@H]2[C@@]12CC=C[C@@](C)(C(=O)O1)C2[C@@H]3C(=O)O. The van der Waals surface area contributed by atoms with E-state index >= 15 is 0 Å². The molecule has 5 aliphatic rings. The summed E-state index contributed by atoms with van der Waals surface area (Å²) in [6, 6.07) is 0. The first-order chi connectivity index (χ1) is 10.9. The minimum absolute atomic E-state index is 0.160. The summed E-state index contributed by atoms with van der Waals surface area (Å²) in [5.41, 5.74) is -0.426. The van der Waals surface area contributed by atoms with Gasteiger partial charge in [0.15, 0.2) is 0 Å². The van der Waals surface area contributed by atoms with Gasteiger partial charge in [0, 0.05) is 18.3 Å². The predicted octanol–water partition coefficient (Wildman–Crippen LogP) is 2.94. The van der Waals surface area contributed by atoms with Crippen LogP contribution in [0.25, 0.3) is 0 Å². The molecule has 1 heterocycles. The van der Waals surface area contributed by atoms with Crippen LogP contribution in [0.4, 0.5) is 0 Å². The maximum Gasteiger partial charge on any atom is 0.316 e. The number of carboxylic acid groups (broad SMARTS) is 1. The average Bonchev–Trinajstić information content (AvgIpc) is 2.92. The number of aliphatic carboxylic acids is 1. The maximum atomic E-state index is 12.6. The second-order valence-electron chi connectivity index (χ2n) is 8.63. The Labute approximate surface area is 135 Å². The molecule has 0 amide bonds. The van der Waals surface area contributed by atoms with Crippen LogP contribution in [0, 0.1) is 34.5 Å². The summed E-state index contributed by atoms with van der Waals surface area (Å²) in [7, 11) is 0. The number of rotatable bonds is 1. The Bertz CT molecular complexity index is 693. The van der Waals surface area contributed by atoms with Crippen molar-refractivity contribution in [1.29, 1.82) is 0 Å². The van der Waals surface area contributed by atoms with Crippen molar-refractivity contribution in [2.75, 3.05) is 0 Å². The van der Waals surface area contributed by atoms with Gasteiger partial charge < -0.3 is 9.84 Å². The molecule has 4 heteroatoms. The highest BCUT2D eigenvalue weighted by molar-refractivity contribution is 5.86. The Balaban J connectivity index is 1.77.